The number of rotatable bonds is 10. The Morgan fingerprint density at radius 1 is 1.28 bits per heavy atom. The second-order valence-corrected chi connectivity index (χ2v) is 6.85. The number of nitro benzene ring substituents is 1. The summed E-state index contributed by atoms with van der Waals surface area (Å²) < 4.78 is 9.69. The van der Waals surface area contributed by atoms with Crippen molar-refractivity contribution >= 4 is 35.0 Å². The maximum atomic E-state index is 12.7. The van der Waals surface area contributed by atoms with Crippen LogP contribution in [0, 0.1) is 10.1 Å². The Hall–Kier alpha value is -3.11. The van der Waals surface area contributed by atoms with E-state index in [1.165, 1.54) is 36.7 Å². The summed E-state index contributed by atoms with van der Waals surface area (Å²) in [5.41, 5.74) is 0.862. The number of non-ortho nitro benzene ring substituents is 1. The van der Waals surface area contributed by atoms with E-state index in [9.17, 15) is 19.7 Å². The Labute approximate surface area is 171 Å². The minimum absolute atomic E-state index is 0.0140. The molecule has 29 heavy (non-hydrogen) atoms. The number of nitro groups is 1. The van der Waals surface area contributed by atoms with E-state index in [1.54, 1.807) is 35.6 Å². The molecule has 0 aliphatic carbocycles. The number of nitrogens with zero attached hydrogens (tertiary/aromatic N) is 3. The van der Waals surface area contributed by atoms with Crippen LogP contribution >= 0.6 is 11.3 Å². The molecular weight excluding hydrogens is 398 g/mol. The smallest absolute Gasteiger partial charge is 0.357 e. The molecule has 0 radical (unpaired) electrons. The van der Waals surface area contributed by atoms with E-state index in [-0.39, 0.29) is 23.8 Å². The van der Waals surface area contributed by atoms with Gasteiger partial charge in [0, 0.05) is 43.9 Å². The van der Waals surface area contributed by atoms with Crippen molar-refractivity contribution in [2.75, 3.05) is 27.4 Å². The summed E-state index contributed by atoms with van der Waals surface area (Å²) in [5.74, 6) is -0.767. The van der Waals surface area contributed by atoms with Crippen LogP contribution in [-0.2, 0) is 20.8 Å². The van der Waals surface area contributed by atoms with Gasteiger partial charge in [-0.25, -0.2) is 9.78 Å². The monoisotopic (exact) mass is 419 g/mol. The summed E-state index contributed by atoms with van der Waals surface area (Å²) in [7, 11) is 2.87. The predicted octanol–water partition coefficient (Wildman–Crippen LogP) is 2.92. The lowest BCUT2D eigenvalue weighted by atomic mass is 10.2. The largest absolute Gasteiger partial charge is 0.464 e. The van der Waals surface area contributed by atoms with Crippen molar-refractivity contribution in [2.24, 2.45) is 0 Å². The molecule has 1 amide bonds. The third-order valence-electron chi connectivity index (χ3n) is 3.88. The number of hydrogen-bond acceptors (Lipinski definition) is 8. The first-order valence-corrected chi connectivity index (χ1v) is 9.55. The van der Waals surface area contributed by atoms with Crippen LogP contribution in [0.25, 0.3) is 6.08 Å². The molecule has 0 fully saturated rings. The molecular formula is C19H21N3O6S. The predicted molar refractivity (Wildman–Crippen MR) is 107 cm³/mol. The molecule has 2 aromatic rings. The normalized spacial score (nSPS) is 10.8. The SMILES string of the molecule is COCCCN(Cc1nc(C(=O)OC)cs1)C(=O)/C=C/c1ccc([N+](=O)[O-])cc1. The van der Waals surface area contributed by atoms with Gasteiger partial charge in [0.05, 0.1) is 18.6 Å². The number of ether oxygens (including phenoxy) is 2. The van der Waals surface area contributed by atoms with Crippen LogP contribution in [-0.4, -0.2) is 54.1 Å². The van der Waals surface area contributed by atoms with Gasteiger partial charge in [0.2, 0.25) is 5.91 Å². The zero-order chi connectivity index (χ0) is 21.2. The number of benzene rings is 1. The van der Waals surface area contributed by atoms with Crippen molar-refractivity contribution < 1.29 is 24.0 Å². The number of esters is 1. The van der Waals surface area contributed by atoms with Crippen LogP contribution in [0.15, 0.2) is 35.7 Å². The number of hydrogen-bond donors (Lipinski definition) is 0. The second kappa shape index (κ2) is 11.0. The lowest BCUT2D eigenvalue weighted by molar-refractivity contribution is -0.384. The Morgan fingerprint density at radius 2 is 2.00 bits per heavy atom. The molecule has 0 aliphatic rings. The molecule has 2 rings (SSSR count). The maximum absolute atomic E-state index is 12.7. The van der Waals surface area contributed by atoms with Crippen LogP contribution < -0.4 is 0 Å². The molecule has 154 valence electrons. The molecule has 0 spiro atoms. The Morgan fingerprint density at radius 3 is 2.62 bits per heavy atom. The Kier molecular flexibility index (Phi) is 8.44. The summed E-state index contributed by atoms with van der Waals surface area (Å²) in [6.45, 7) is 1.19. The van der Waals surface area contributed by atoms with Crippen molar-refractivity contribution in [2.45, 2.75) is 13.0 Å². The minimum atomic E-state index is -0.525. The number of amides is 1. The molecule has 1 heterocycles. The molecule has 0 saturated heterocycles. The summed E-state index contributed by atoms with van der Waals surface area (Å²) in [6.07, 6.45) is 3.64. The number of methoxy groups -OCH3 is 2. The second-order valence-electron chi connectivity index (χ2n) is 5.91. The van der Waals surface area contributed by atoms with Gasteiger partial charge in [-0.2, -0.15) is 0 Å². The van der Waals surface area contributed by atoms with Crippen LogP contribution in [0.5, 0.6) is 0 Å². The quantitative estimate of drug-likeness (QED) is 0.191. The summed E-state index contributed by atoms with van der Waals surface area (Å²) in [4.78, 5) is 40.3. The molecule has 0 unspecified atom stereocenters. The molecule has 1 aromatic heterocycles. The van der Waals surface area contributed by atoms with Crippen LogP contribution in [0.3, 0.4) is 0 Å². The van der Waals surface area contributed by atoms with Crippen LogP contribution in [0.4, 0.5) is 5.69 Å². The topological polar surface area (TPSA) is 112 Å². The molecule has 0 bridgehead atoms. The van der Waals surface area contributed by atoms with E-state index in [2.05, 4.69) is 9.72 Å². The van der Waals surface area contributed by atoms with E-state index >= 15 is 0 Å². The third kappa shape index (κ3) is 6.77. The van der Waals surface area contributed by atoms with E-state index in [1.807, 2.05) is 0 Å². The van der Waals surface area contributed by atoms with E-state index in [0.29, 0.717) is 30.1 Å². The highest BCUT2D eigenvalue weighted by Gasteiger charge is 2.16. The highest BCUT2D eigenvalue weighted by Crippen LogP contribution is 2.15. The van der Waals surface area contributed by atoms with Gasteiger partial charge in [-0.1, -0.05) is 0 Å². The van der Waals surface area contributed by atoms with Crippen molar-refractivity contribution in [1.82, 2.24) is 9.88 Å². The van der Waals surface area contributed by atoms with Gasteiger partial charge in [0.15, 0.2) is 5.69 Å². The van der Waals surface area contributed by atoms with Crippen LogP contribution in [0.2, 0.25) is 0 Å². The van der Waals surface area contributed by atoms with Gasteiger partial charge in [0.1, 0.15) is 5.01 Å². The van der Waals surface area contributed by atoms with Crippen molar-refractivity contribution in [3.63, 3.8) is 0 Å². The number of carbonyl (C=O) groups is 2. The van der Waals surface area contributed by atoms with Gasteiger partial charge >= 0.3 is 5.97 Å². The standard InChI is InChI=1S/C19H21N3O6S/c1-27-11-3-10-21(12-17-20-16(13-29-17)19(24)28-2)18(23)9-6-14-4-7-15(8-5-14)22(25)26/h4-9,13H,3,10-12H2,1-2H3/b9-6+. The maximum Gasteiger partial charge on any atom is 0.357 e. The molecule has 0 atom stereocenters. The van der Waals surface area contributed by atoms with Gasteiger partial charge in [-0.15, -0.1) is 11.3 Å². The van der Waals surface area contributed by atoms with Gasteiger partial charge in [-0.3, -0.25) is 14.9 Å². The lowest BCUT2D eigenvalue weighted by Crippen LogP contribution is -2.30. The first-order valence-electron chi connectivity index (χ1n) is 8.67. The highest BCUT2D eigenvalue weighted by molar-refractivity contribution is 7.09. The van der Waals surface area contributed by atoms with Gasteiger partial charge in [0.25, 0.3) is 5.69 Å². The lowest BCUT2D eigenvalue weighted by Gasteiger charge is -2.20. The number of carbonyl (C=O) groups excluding carboxylic acids is 2. The Balaban J connectivity index is 2.08. The van der Waals surface area contributed by atoms with E-state index in [4.69, 9.17) is 4.74 Å². The molecule has 0 aliphatic heterocycles. The van der Waals surface area contributed by atoms with Crippen molar-refractivity contribution in [1.29, 1.82) is 0 Å². The summed E-state index contributed by atoms with van der Waals surface area (Å²) in [6, 6.07) is 5.90. The Bertz CT molecular complexity index is 878. The fourth-order valence-corrected chi connectivity index (χ4v) is 3.17. The molecule has 0 saturated carbocycles. The van der Waals surface area contributed by atoms with Gasteiger partial charge in [-0.05, 0) is 30.2 Å². The fourth-order valence-electron chi connectivity index (χ4n) is 2.39. The van der Waals surface area contributed by atoms with E-state index in [0.717, 1.165) is 0 Å². The zero-order valence-electron chi connectivity index (χ0n) is 16.1. The molecule has 10 heteroatoms. The number of aromatic nitrogens is 1. The first-order chi connectivity index (χ1) is 13.9. The van der Waals surface area contributed by atoms with Gasteiger partial charge < -0.3 is 14.4 Å². The third-order valence-corrected chi connectivity index (χ3v) is 4.72. The highest BCUT2D eigenvalue weighted by atomic mass is 32.1. The summed E-state index contributed by atoms with van der Waals surface area (Å²) >= 11 is 1.27. The first kappa shape index (κ1) is 22.2. The average Bonchev–Trinajstić information content (AvgIpc) is 3.19. The van der Waals surface area contributed by atoms with Crippen LogP contribution in [0.1, 0.15) is 27.5 Å². The number of thiazole rings is 1. The zero-order valence-corrected chi connectivity index (χ0v) is 16.9. The summed E-state index contributed by atoms with van der Waals surface area (Å²) in [5, 5.41) is 12.9. The molecule has 1 aromatic carbocycles. The molecule has 0 N–H and O–H groups in total. The van der Waals surface area contributed by atoms with E-state index < -0.39 is 10.9 Å². The average molecular weight is 419 g/mol. The fraction of sp³-hybridized carbons (Fsp3) is 0.316. The van der Waals surface area contributed by atoms with Crippen molar-refractivity contribution in [3.05, 3.63) is 62.1 Å². The minimum Gasteiger partial charge on any atom is -0.464 e. The molecule has 9 nitrogen and oxygen atoms in total. The van der Waals surface area contributed by atoms with Crippen molar-refractivity contribution in [3.8, 4) is 0 Å².